The highest BCUT2D eigenvalue weighted by Gasteiger charge is 2.12. The molecular weight excluding hydrogens is 180 g/mol. The third-order valence-corrected chi connectivity index (χ3v) is 2.23. The molecule has 14 heavy (non-hydrogen) atoms. The fourth-order valence-electron chi connectivity index (χ4n) is 1.32. The number of hydrogen-bond donors (Lipinski definition) is 1. The fourth-order valence-corrected chi connectivity index (χ4v) is 1.32. The number of aliphatic hydroxyl groups excluding tert-OH is 1. The van der Waals surface area contributed by atoms with Crippen molar-refractivity contribution in [3.05, 3.63) is 0 Å². The van der Waals surface area contributed by atoms with E-state index >= 15 is 0 Å². The summed E-state index contributed by atoms with van der Waals surface area (Å²) in [6, 6.07) is 0. The number of esters is 1. The van der Waals surface area contributed by atoms with Crippen LogP contribution in [0.5, 0.6) is 0 Å². The monoisotopic (exact) mass is 202 g/mol. The van der Waals surface area contributed by atoms with E-state index < -0.39 is 0 Å². The molecule has 1 N–H and O–H groups in total. The summed E-state index contributed by atoms with van der Waals surface area (Å²) in [6.07, 6.45) is 4.94. The molecule has 0 aliphatic heterocycles. The molecule has 0 fully saturated rings. The maximum Gasteiger partial charge on any atom is 0.308 e. The smallest absolute Gasteiger partial charge is 0.308 e. The first kappa shape index (κ1) is 13.4. The average molecular weight is 202 g/mol. The molecule has 0 heterocycles. The summed E-state index contributed by atoms with van der Waals surface area (Å²) in [6.45, 7) is 4.47. The summed E-state index contributed by atoms with van der Waals surface area (Å²) in [7, 11) is 0. The Kier molecular flexibility index (Phi) is 8.64. The van der Waals surface area contributed by atoms with E-state index in [1.807, 2.05) is 13.8 Å². The van der Waals surface area contributed by atoms with Crippen LogP contribution >= 0.6 is 0 Å². The summed E-state index contributed by atoms with van der Waals surface area (Å²) >= 11 is 0. The van der Waals surface area contributed by atoms with Gasteiger partial charge in [-0.1, -0.05) is 26.2 Å². The molecule has 0 bridgehead atoms. The molecule has 0 aromatic rings. The SMILES string of the molecule is CCOC(=O)C(C)CCCCCCO. The highest BCUT2D eigenvalue weighted by molar-refractivity contribution is 5.71. The zero-order valence-electron chi connectivity index (χ0n) is 9.29. The lowest BCUT2D eigenvalue weighted by Gasteiger charge is -2.09. The molecule has 0 aliphatic carbocycles. The second-order valence-corrected chi connectivity index (χ2v) is 3.58. The van der Waals surface area contributed by atoms with Crippen molar-refractivity contribution in [2.24, 2.45) is 5.92 Å². The Hall–Kier alpha value is -0.570. The molecule has 0 aliphatic rings. The summed E-state index contributed by atoms with van der Waals surface area (Å²) in [5, 5.41) is 8.56. The van der Waals surface area contributed by atoms with Gasteiger partial charge < -0.3 is 9.84 Å². The predicted octanol–water partition coefficient (Wildman–Crippen LogP) is 2.13. The molecule has 0 rings (SSSR count). The van der Waals surface area contributed by atoms with Crippen LogP contribution in [-0.2, 0) is 9.53 Å². The summed E-state index contributed by atoms with van der Waals surface area (Å²) in [5.41, 5.74) is 0. The quantitative estimate of drug-likeness (QED) is 0.484. The Morgan fingerprint density at radius 1 is 1.29 bits per heavy atom. The van der Waals surface area contributed by atoms with Crippen molar-refractivity contribution in [1.82, 2.24) is 0 Å². The van der Waals surface area contributed by atoms with E-state index in [1.54, 1.807) is 0 Å². The minimum Gasteiger partial charge on any atom is -0.466 e. The Balaban J connectivity index is 3.34. The molecule has 3 heteroatoms. The first-order valence-corrected chi connectivity index (χ1v) is 5.49. The average Bonchev–Trinajstić information content (AvgIpc) is 2.17. The van der Waals surface area contributed by atoms with Gasteiger partial charge in [-0.2, -0.15) is 0 Å². The van der Waals surface area contributed by atoms with Gasteiger partial charge in [0.15, 0.2) is 0 Å². The fraction of sp³-hybridized carbons (Fsp3) is 0.909. The molecule has 1 unspecified atom stereocenters. The zero-order chi connectivity index (χ0) is 10.8. The molecule has 0 amide bonds. The lowest BCUT2D eigenvalue weighted by atomic mass is 10.0. The van der Waals surface area contributed by atoms with E-state index in [4.69, 9.17) is 9.84 Å². The normalized spacial score (nSPS) is 12.5. The van der Waals surface area contributed by atoms with Crippen molar-refractivity contribution in [3.8, 4) is 0 Å². The third kappa shape index (κ3) is 6.89. The number of ether oxygens (including phenoxy) is 1. The second kappa shape index (κ2) is 9.00. The first-order valence-electron chi connectivity index (χ1n) is 5.49. The topological polar surface area (TPSA) is 46.5 Å². The van der Waals surface area contributed by atoms with Crippen molar-refractivity contribution in [2.45, 2.75) is 46.0 Å². The summed E-state index contributed by atoms with van der Waals surface area (Å²) in [4.78, 5) is 11.2. The number of carbonyl (C=O) groups is 1. The minimum absolute atomic E-state index is 0.0177. The summed E-state index contributed by atoms with van der Waals surface area (Å²) in [5.74, 6) is -0.0706. The Labute approximate surface area is 86.5 Å². The van der Waals surface area contributed by atoms with E-state index in [2.05, 4.69) is 0 Å². The van der Waals surface area contributed by atoms with Crippen molar-refractivity contribution in [3.63, 3.8) is 0 Å². The number of aliphatic hydroxyl groups is 1. The Morgan fingerprint density at radius 3 is 2.50 bits per heavy atom. The van der Waals surface area contributed by atoms with Crippen molar-refractivity contribution in [1.29, 1.82) is 0 Å². The van der Waals surface area contributed by atoms with E-state index in [9.17, 15) is 4.79 Å². The number of hydrogen-bond acceptors (Lipinski definition) is 3. The first-order chi connectivity index (χ1) is 6.72. The minimum atomic E-state index is -0.0883. The van der Waals surface area contributed by atoms with Gasteiger partial charge in [-0.05, 0) is 19.8 Å². The molecular formula is C11H22O3. The van der Waals surface area contributed by atoms with Crippen molar-refractivity contribution < 1.29 is 14.6 Å². The lowest BCUT2D eigenvalue weighted by molar-refractivity contribution is -0.147. The maximum atomic E-state index is 11.2. The lowest BCUT2D eigenvalue weighted by Crippen LogP contribution is -2.14. The summed E-state index contributed by atoms with van der Waals surface area (Å²) < 4.78 is 4.90. The van der Waals surface area contributed by atoms with Gasteiger partial charge in [0.05, 0.1) is 12.5 Å². The van der Waals surface area contributed by atoms with Gasteiger partial charge in [0.2, 0.25) is 0 Å². The van der Waals surface area contributed by atoms with Crippen LogP contribution in [0.4, 0.5) is 0 Å². The molecule has 0 radical (unpaired) electrons. The molecule has 0 aromatic carbocycles. The highest BCUT2D eigenvalue weighted by atomic mass is 16.5. The second-order valence-electron chi connectivity index (χ2n) is 3.58. The Bertz CT molecular complexity index is 145. The van der Waals surface area contributed by atoms with Gasteiger partial charge >= 0.3 is 5.97 Å². The van der Waals surface area contributed by atoms with Crippen LogP contribution in [0.1, 0.15) is 46.0 Å². The number of unbranched alkanes of at least 4 members (excludes halogenated alkanes) is 3. The zero-order valence-corrected chi connectivity index (χ0v) is 9.29. The van der Waals surface area contributed by atoms with Gasteiger partial charge in [-0.15, -0.1) is 0 Å². The van der Waals surface area contributed by atoms with Gasteiger partial charge in [0.1, 0.15) is 0 Å². The number of carbonyl (C=O) groups excluding carboxylic acids is 1. The van der Waals surface area contributed by atoms with E-state index in [1.165, 1.54) is 0 Å². The molecule has 0 saturated heterocycles. The predicted molar refractivity (Wildman–Crippen MR) is 56.0 cm³/mol. The van der Waals surface area contributed by atoms with Crippen LogP contribution in [0.2, 0.25) is 0 Å². The maximum absolute atomic E-state index is 11.2. The van der Waals surface area contributed by atoms with Crippen molar-refractivity contribution in [2.75, 3.05) is 13.2 Å². The van der Waals surface area contributed by atoms with E-state index in [-0.39, 0.29) is 18.5 Å². The molecule has 0 aromatic heterocycles. The van der Waals surface area contributed by atoms with E-state index in [0.29, 0.717) is 6.61 Å². The molecule has 0 saturated carbocycles. The van der Waals surface area contributed by atoms with Crippen LogP contribution in [-0.4, -0.2) is 24.3 Å². The van der Waals surface area contributed by atoms with Crippen LogP contribution < -0.4 is 0 Å². The molecule has 1 atom stereocenters. The van der Waals surface area contributed by atoms with E-state index in [0.717, 1.165) is 32.1 Å². The van der Waals surface area contributed by atoms with Gasteiger partial charge in [0.25, 0.3) is 0 Å². The molecule has 84 valence electrons. The third-order valence-electron chi connectivity index (χ3n) is 2.23. The van der Waals surface area contributed by atoms with Crippen LogP contribution in [0.3, 0.4) is 0 Å². The van der Waals surface area contributed by atoms with Crippen molar-refractivity contribution >= 4 is 5.97 Å². The molecule has 0 spiro atoms. The van der Waals surface area contributed by atoms with Gasteiger partial charge in [-0.25, -0.2) is 0 Å². The number of rotatable bonds is 8. The Morgan fingerprint density at radius 2 is 1.93 bits per heavy atom. The standard InChI is InChI=1S/C11H22O3/c1-3-14-11(13)10(2)8-6-4-5-7-9-12/h10,12H,3-9H2,1-2H3. The molecule has 3 nitrogen and oxygen atoms in total. The van der Waals surface area contributed by atoms with Crippen LogP contribution in [0, 0.1) is 5.92 Å². The van der Waals surface area contributed by atoms with Gasteiger partial charge in [-0.3, -0.25) is 4.79 Å². The van der Waals surface area contributed by atoms with Gasteiger partial charge in [0, 0.05) is 6.61 Å². The van der Waals surface area contributed by atoms with Crippen LogP contribution in [0.25, 0.3) is 0 Å². The van der Waals surface area contributed by atoms with Crippen LogP contribution in [0.15, 0.2) is 0 Å². The highest BCUT2D eigenvalue weighted by Crippen LogP contribution is 2.11. The largest absolute Gasteiger partial charge is 0.466 e.